The third-order valence-corrected chi connectivity index (χ3v) is 3.16. The van der Waals surface area contributed by atoms with E-state index in [-0.39, 0.29) is 12.2 Å². The van der Waals surface area contributed by atoms with Gasteiger partial charge < -0.3 is 10.2 Å². The lowest BCUT2D eigenvalue weighted by molar-refractivity contribution is -0.548. The summed E-state index contributed by atoms with van der Waals surface area (Å²) in [5, 5.41) is 28.4. The van der Waals surface area contributed by atoms with Crippen molar-refractivity contribution < 1.29 is 20.0 Å². The Hall–Kier alpha value is -3.09. The number of carbonyl (C=O) groups is 1. The summed E-state index contributed by atoms with van der Waals surface area (Å²) in [6.45, 7) is 0. The molecular weight excluding hydrogens is 288 g/mol. The van der Waals surface area contributed by atoms with Gasteiger partial charge in [-0.1, -0.05) is 36.4 Å². The molecule has 0 radical (unpaired) electrons. The predicted molar refractivity (Wildman–Crippen MR) is 78.8 cm³/mol. The van der Waals surface area contributed by atoms with Crippen LogP contribution in [-0.4, -0.2) is 27.3 Å². The van der Waals surface area contributed by atoms with E-state index >= 15 is 0 Å². The quantitative estimate of drug-likeness (QED) is 0.554. The molecule has 1 atom stereocenters. The number of benzene rings is 2. The maximum Gasteiger partial charge on any atom is 0.332 e. The van der Waals surface area contributed by atoms with Crippen LogP contribution in [0.15, 0.2) is 48.5 Å². The van der Waals surface area contributed by atoms with Crippen molar-refractivity contribution in [3.8, 4) is 16.9 Å². The number of rotatable bonds is 6. The standard InChI is InChI=1S/C15H14N2O5/c18-12-7-6-11(8-14(15(19)20)16-17(21)22)13(9-12)10-4-2-1-3-5-10/h1-7,9,14,16,18H,8H2,(H,19,20). The first-order valence-corrected chi connectivity index (χ1v) is 6.48. The Morgan fingerprint density at radius 3 is 2.50 bits per heavy atom. The second-order valence-corrected chi connectivity index (χ2v) is 4.69. The lowest BCUT2D eigenvalue weighted by Crippen LogP contribution is -2.42. The van der Waals surface area contributed by atoms with Crippen molar-refractivity contribution in [3.63, 3.8) is 0 Å². The molecule has 0 aliphatic rings. The average Bonchev–Trinajstić information content (AvgIpc) is 2.48. The highest BCUT2D eigenvalue weighted by Gasteiger charge is 2.24. The number of hydrogen-bond donors (Lipinski definition) is 3. The minimum Gasteiger partial charge on any atom is -0.508 e. The number of phenolic OH excluding ortho intramolecular Hbond substituents is 1. The van der Waals surface area contributed by atoms with Crippen molar-refractivity contribution in [2.24, 2.45) is 0 Å². The van der Waals surface area contributed by atoms with Gasteiger partial charge in [0.15, 0.2) is 11.1 Å². The van der Waals surface area contributed by atoms with Gasteiger partial charge in [0.2, 0.25) is 0 Å². The number of hydrogen-bond acceptors (Lipinski definition) is 4. The second-order valence-electron chi connectivity index (χ2n) is 4.69. The van der Waals surface area contributed by atoms with Gasteiger partial charge in [-0.05, 0) is 28.8 Å². The van der Waals surface area contributed by atoms with Gasteiger partial charge in [-0.3, -0.25) is 0 Å². The molecule has 0 aliphatic carbocycles. The summed E-state index contributed by atoms with van der Waals surface area (Å²) >= 11 is 0. The second kappa shape index (κ2) is 6.57. The minimum atomic E-state index is -1.36. The summed E-state index contributed by atoms with van der Waals surface area (Å²) in [5.41, 5.74) is 3.80. The van der Waals surface area contributed by atoms with Crippen molar-refractivity contribution in [2.75, 3.05) is 0 Å². The molecule has 0 bridgehead atoms. The van der Waals surface area contributed by atoms with Gasteiger partial charge in [-0.2, -0.15) is 0 Å². The number of carboxylic acid groups (broad SMARTS) is 1. The highest BCUT2D eigenvalue weighted by Crippen LogP contribution is 2.28. The Kier molecular flexibility index (Phi) is 4.57. The first-order valence-electron chi connectivity index (χ1n) is 6.48. The van der Waals surface area contributed by atoms with E-state index in [9.17, 15) is 20.0 Å². The van der Waals surface area contributed by atoms with Crippen LogP contribution < -0.4 is 5.43 Å². The molecule has 0 heterocycles. The molecule has 2 rings (SSSR count). The maximum absolute atomic E-state index is 11.1. The van der Waals surface area contributed by atoms with E-state index in [1.165, 1.54) is 12.1 Å². The summed E-state index contributed by atoms with van der Waals surface area (Å²) in [7, 11) is 0. The van der Waals surface area contributed by atoms with Gasteiger partial charge in [0.25, 0.3) is 0 Å². The molecule has 0 saturated heterocycles. The van der Waals surface area contributed by atoms with Crippen LogP contribution in [0.1, 0.15) is 5.56 Å². The summed E-state index contributed by atoms with van der Waals surface area (Å²) in [5.74, 6) is -1.28. The summed E-state index contributed by atoms with van der Waals surface area (Å²) in [4.78, 5) is 21.6. The van der Waals surface area contributed by atoms with Crippen LogP contribution >= 0.6 is 0 Å². The smallest absolute Gasteiger partial charge is 0.332 e. The number of hydrazine groups is 1. The fourth-order valence-corrected chi connectivity index (χ4v) is 2.16. The number of aliphatic carboxylic acids is 1. The van der Waals surface area contributed by atoms with E-state index in [1.54, 1.807) is 11.5 Å². The summed E-state index contributed by atoms with van der Waals surface area (Å²) in [6.07, 6.45) is -0.0825. The molecule has 0 spiro atoms. The molecule has 3 N–H and O–H groups in total. The van der Waals surface area contributed by atoms with Gasteiger partial charge in [0.1, 0.15) is 5.75 Å². The van der Waals surface area contributed by atoms with Crippen LogP contribution in [0.25, 0.3) is 11.1 Å². The Morgan fingerprint density at radius 1 is 1.23 bits per heavy atom. The van der Waals surface area contributed by atoms with Gasteiger partial charge in [-0.25, -0.2) is 14.9 Å². The fourth-order valence-electron chi connectivity index (χ4n) is 2.16. The van der Waals surface area contributed by atoms with E-state index in [2.05, 4.69) is 0 Å². The van der Waals surface area contributed by atoms with Crippen LogP contribution in [0.2, 0.25) is 0 Å². The van der Waals surface area contributed by atoms with Crippen LogP contribution in [0.4, 0.5) is 0 Å². The van der Waals surface area contributed by atoms with Crippen molar-refractivity contribution in [1.29, 1.82) is 0 Å². The number of nitrogens with zero attached hydrogens (tertiary/aromatic N) is 1. The number of phenols is 1. The maximum atomic E-state index is 11.1. The van der Waals surface area contributed by atoms with E-state index in [0.29, 0.717) is 11.1 Å². The van der Waals surface area contributed by atoms with Crippen molar-refractivity contribution in [1.82, 2.24) is 5.43 Å². The third kappa shape index (κ3) is 3.72. The molecule has 2 aromatic rings. The molecule has 0 aliphatic heterocycles. The van der Waals surface area contributed by atoms with Crippen LogP contribution in [0, 0.1) is 10.1 Å². The molecule has 0 saturated carbocycles. The van der Waals surface area contributed by atoms with Gasteiger partial charge in [0.05, 0.1) is 0 Å². The zero-order valence-electron chi connectivity index (χ0n) is 11.5. The molecular formula is C15H14N2O5. The van der Waals surface area contributed by atoms with Crippen molar-refractivity contribution in [2.45, 2.75) is 12.5 Å². The highest BCUT2D eigenvalue weighted by atomic mass is 16.7. The topological polar surface area (TPSA) is 113 Å². The zero-order valence-corrected chi connectivity index (χ0v) is 11.5. The van der Waals surface area contributed by atoms with E-state index in [4.69, 9.17) is 5.11 Å². The number of carboxylic acids is 1. The molecule has 0 fully saturated rings. The van der Waals surface area contributed by atoms with Crippen LogP contribution in [0.5, 0.6) is 5.75 Å². The lowest BCUT2D eigenvalue weighted by atomic mass is 9.95. The first kappa shape index (κ1) is 15.3. The SMILES string of the molecule is O=C(O)C(Cc1ccc(O)cc1-c1ccccc1)N[N+](=O)[O-]. The average molecular weight is 302 g/mol. The van der Waals surface area contributed by atoms with Gasteiger partial charge in [0, 0.05) is 6.42 Å². The summed E-state index contributed by atoms with van der Waals surface area (Å²) in [6, 6.07) is 12.2. The van der Waals surface area contributed by atoms with Gasteiger partial charge in [-0.15, -0.1) is 5.43 Å². The molecule has 0 aromatic heterocycles. The van der Waals surface area contributed by atoms with Crippen LogP contribution in [0.3, 0.4) is 0 Å². The fraction of sp³-hybridized carbons (Fsp3) is 0.133. The number of aromatic hydroxyl groups is 1. The van der Waals surface area contributed by atoms with E-state index < -0.39 is 17.0 Å². The van der Waals surface area contributed by atoms with Crippen molar-refractivity contribution in [3.05, 3.63) is 64.2 Å². The molecule has 7 heteroatoms. The monoisotopic (exact) mass is 302 g/mol. The van der Waals surface area contributed by atoms with Crippen molar-refractivity contribution >= 4 is 5.97 Å². The normalized spacial score (nSPS) is 11.6. The van der Waals surface area contributed by atoms with E-state index in [0.717, 1.165) is 5.56 Å². The highest BCUT2D eigenvalue weighted by molar-refractivity contribution is 5.75. The Balaban J connectivity index is 2.38. The Morgan fingerprint density at radius 2 is 1.91 bits per heavy atom. The number of nitrogens with one attached hydrogen (secondary N) is 1. The predicted octanol–water partition coefficient (Wildman–Crippen LogP) is 1.84. The molecule has 7 nitrogen and oxygen atoms in total. The van der Waals surface area contributed by atoms with Crippen LogP contribution in [-0.2, 0) is 11.2 Å². The molecule has 0 amide bonds. The zero-order chi connectivity index (χ0) is 16.1. The largest absolute Gasteiger partial charge is 0.508 e. The Labute approximate surface area is 126 Å². The Bertz CT molecular complexity index is 688. The lowest BCUT2D eigenvalue weighted by Gasteiger charge is -2.14. The number of nitro groups is 1. The van der Waals surface area contributed by atoms with Gasteiger partial charge >= 0.3 is 5.97 Å². The molecule has 114 valence electrons. The minimum absolute atomic E-state index is 0.0386. The molecule has 22 heavy (non-hydrogen) atoms. The van der Waals surface area contributed by atoms with E-state index in [1.807, 2.05) is 30.3 Å². The molecule has 2 aromatic carbocycles. The molecule has 1 unspecified atom stereocenters. The summed E-state index contributed by atoms with van der Waals surface area (Å²) < 4.78 is 0. The third-order valence-electron chi connectivity index (χ3n) is 3.16. The first-order chi connectivity index (χ1) is 10.5.